The zero-order valence-electron chi connectivity index (χ0n) is 8.64. The van der Waals surface area contributed by atoms with Crippen LogP contribution in [0.25, 0.3) is 0 Å². The molecule has 1 rings (SSSR count). The van der Waals surface area contributed by atoms with Gasteiger partial charge in [-0.2, -0.15) is 13.2 Å². The Morgan fingerprint density at radius 3 is 2.27 bits per heavy atom. The number of halogens is 4. The Balaban J connectivity index is 2.73. The Morgan fingerprint density at radius 1 is 1.27 bits per heavy atom. The third-order valence-corrected chi connectivity index (χ3v) is 2.93. The SMILES string of the molecule is CNC1CC(C(F)(F)F)CC(OC)C1F. The number of ether oxygens (including phenoxy) is 1. The van der Waals surface area contributed by atoms with Crippen molar-refractivity contribution in [2.75, 3.05) is 14.2 Å². The highest BCUT2D eigenvalue weighted by Crippen LogP contribution is 2.39. The smallest absolute Gasteiger partial charge is 0.378 e. The summed E-state index contributed by atoms with van der Waals surface area (Å²) in [6, 6.07) is -0.782. The van der Waals surface area contributed by atoms with E-state index in [0.717, 1.165) is 0 Å². The van der Waals surface area contributed by atoms with Gasteiger partial charge < -0.3 is 10.1 Å². The summed E-state index contributed by atoms with van der Waals surface area (Å²) in [5, 5.41) is 2.57. The third kappa shape index (κ3) is 2.81. The molecule has 1 saturated carbocycles. The average Bonchev–Trinajstić information content (AvgIpc) is 2.16. The first-order valence-electron chi connectivity index (χ1n) is 4.81. The predicted molar refractivity (Wildman–Crippen MR) is 47.3 cm³/mol. The number of hydrogen-bond donors (Lipinski definition) is 1. The topological polar surface area (TPSA) is 21.3 Å². The molecule has 0 aliphatic heterocycles. The van der Waals surface area contributed by atoms with E-state index in [4.69, 9.17) is 4.74 Å². The highest BCUT2D eigenvalue weighted by molar-refractivity contribution is 4.93. The van der Waals surface area contributed by atoms with E-state index < -0.39 is 30.4 Å². The first-order valence-corrected chi connectivity index (χ1v) is 4.81. The molecule has 6 heteroatoms. The van der Waals surface area contributed by atoms with Crippen molar-refractivity contribution in [3.05, 3.63) is 0 Å². The minimum atomic E-state index is -4.27. The molecular formula is C9H15F4NO. The van der Waals surface area contributed by atoms with Crippen LogP contribution in [0.5, 0.6) is 0 Å². The summed E-state index contributed by atoms with van der Waals surface area (Å²) in [4.78, 5) is 0. The molecule has 4 atom stereocenters. The second-order valence-electron chi connectivity index (χ2n) is 3.82. The fourth-order valence-corrected chi connectivity index (χ4v) is 1.97. The second kappa shape index (κ2) is 4.65. The van der Waals surface area contributed by atoms with Gasteiger partial charge in [-0.15, -0.1) is 0 Å². The second-order valence-corrected chi connectivity index (χ2v) is 3.82. The molecule has 0 radical (unpaired) electrons. The lowest BCUT2D eigenvalue weighted by molar-refractivity contribution is -0.199. The first kappa shape index (κ1) is 12.7. The quantitative estimate of drug-likeness (QED) is 0.730. The van der Waals surface area contributed by atoms with Gasteiger partial charge in [-0.05, 0) is 19.9 Å². The lowest BCUT2D eigenvalue weighted by Crippen LogP contribution is -2.51. The Kier molecular flexibility index (Phi) is 3.94. The van der Waals surface area contributed by atoms with Gasteiger partial charge in [0.15, 0.2) is 0 Å². The molecule has 1 fully saturated rings. The molecular weight excluding hydrogens is 214 g/mol. The van der Waals surface area contributed by atoms with Gasteiger partial charge in [0.1, 0.15) is 6.17 Å². The van der Waals surface area contributed by atoms with Crippen LogP contribution in [0.2, 0.25) is 0 Å². The zero-order valence-corrected chi connectivity index (χ0v) is 8.64. The van der Waals surface area contributed by atoms with E-state index in [2.05, 4.69) is 5.32 Å². The van der Waals surface area contributed by atoms with Crippen molar-refractivity contribution >= 4 is 0 Å². The highest BCUT2D eigenvalue weighted by atomic mass is 19.4. The molecule has 0 aromatic carbocycles. The molecule has 15 heavy (non-hydrogen) atoms. The van der Waals surface area contributed by atoms with E-state index in [9.17, 15) is 17.6 Å². The van der Waals surface area contributed by atoms with Crippen LogP contribution in [-0.2, 0) is 4.74 Å². The average molecular weight is 229 g/mol. The Labute approximate surface area is 86.0 Å². The fraction of sp³-hybridized carbons (Fsp3) is 1.00. The summed E-state index contributed by atoms with van der Waals surface area (Å²) in [7, 11) is 2.70. The number of alkyl halides is 4. The summed E-state index contributed by atoms with van der Waals surface area (Å²) >= 11 is 0. The van der Waals surface area contributed by atoms with Crippen molar-refractivity contribution < 1.29 is 22.3 Å². The first-order chi connectivity index (χ1) is 6.90. The number of rotatable bonds is 2. The third-order valence-electron chi connectivity index (χ3n) is 2.93. The van der Waals surface area contributed by atoms with E-state index in [1.807, 2.05) is 0 Å². The van der Waals surface area contributed by atoms with Gasteiger partial charge in [0, 0.05) is 13.2 Å². The minimum Gasteiger partial charge on any atom is -0.378 e. The van der Waals surface area contributed by atoms with Crippen molar-refractivity contribution in [2.45, 2.75) is 37.3 Å². The van der Waals surface area contributed by atoms with Crippen LogP contribution in [-0.4, -0.2) is 38.7 Å². The van der Waals surface area contributed by atoms with Crippen molar-refractivity contribution in [1.29, 1.82) is 0 Å². The molecule has 4 unspecified atom stereocenters. The summed E-state index contributed by atoms with van der Waals surface area (Å²) in [6.07, 6.45) is -7.13. The van der Waals surface area contributed by atoms with Crippen molar-refractivity contribution in [2.24, 2.45) is 5.92 Å². The molecule has 0 saturated heterocycles. The molecule has 0 spiro atoms. The Hall–Kier alpha value is -0.360. The number of nitrogens with one attached hydrogen (secondary N) is 1. The molecule has 1 aliphatic rings. The molecule has 2 nitrogen and oxygen atoms in total. The highest BCUT2D eigenvalue weighted by Gasteiger charge is 2.48. The van der Waals surface area contributed by atoms with Crippen LogP contribution in [0, 0.1) is 5.92 Å². The van der Waals surface area contributed by atoms with E-state index in [-0.39, 0.29) is 12.8 Å². The Morgan fingerprint density at radius 2 is 1.87 bits per heavy atom. The maximum atomic E-state index is 13.5. The maximum Gasteiger partial charge on any atom is 0.391 e. The van der Waals surface area contributed by atoms with E-state index in [0.29, 0.717) is 0 Å². The van der Waals surface area contributed by atoms with Crippen molar-refractivity contribution in [1.82, 2.24) is 5.32 Å². The van der Waals surface area contributed by atoms with Gasteiger partial charge in [-0.1, -0.05) is 0 Å². The summed E-state index contributed by atoms with van der Waals surface area (Å²) in [5.74, 6) is -1.48. The normalized spacial score (nSPS) is 38.0. The van der Waals surface area contributed by atoms with Crippen LogP contribution < -0.4 is 5.32 Å². The van der Waals surface area contributed by atoms with Gasteiger partial charge in [-0.3, -0.25) is 0 Å². The van der Waals surface area contributed by atoms with Gasteiger partial charge >= 0.3 is 6.18 Å². The Bertz CT molecular complexity index is 195. The van der Waals surface area contributed by atoms with Crippen molar-refractivity contribution in [3.63, 3.8) is 0 Å². The minimum absolute atomic E-state index is 0.221. The fourth-order valence-electron chi connectivity index (χ4n) is 1.97. The zero-order chi connectivity index (χ0) is 11.6. The molecule has 0 heterocycles. The molecule has 90 valence electrons. The predicted octanol–water partition coefficient (Wildman–Crippen LogP) is 1.90. The van der Waals surface area contributed by atoms with Crippen LogP contribution in [0.4, 0.5) is 17.6 Å². The maximum absolute atomic E-state index is 13.5. The number of methoxy groups -OCH3 is 1. The van der Waals surface area contributed by atoms with Gasteiger partial charge in [-0.25, -0.2) is 4.39 Å². The monoisotopic (exact) mass is 229 g/mol. The molecule has 0 aromatic heterocycles. The van der Waals surface area contributed by atoms with Gasteiger partial charge in [0.2, 0.25) is 0 Å². The largest absolute Gasteiger partial charge is 0.391 e. The summed E-state index contributed by atoms with van der Waals surface area (Å²) in [6.45, 7) is 0. The standard InChI is InChI=1S/C9H15F4NO/c1-14-6-3-5(9(11,12)13)4-7(15-2)8(6)10/h5-8,14H,3-4H2,1-2H3. The lowest BCUT2D eigenvalue weighted by Gasteiger charge is -2.37. The molecule has 1 aliphatic carbocycles. The van der Waals surface area contributed by atoms with E-state index >= 15 is 0 Å². The lowest BCUT2D eigenvalue weighted by atomic mass is 9.82. The van der Waals surface area contributed by atoms with Crippen LogP contribution in [0.3, 0.4) is 0 Å². The molecule has 0 aromatic rings. The molecule has 1 N–H and O–H groups in total. The summed E-state index contributed by atoms with van der Waals surface area (Å²) < 4.78 is 55.7. The van der Waals surface area contributed by atoms with E-state index in [1.165, 1.54) is 14.2 Å². The van der Waals surface area contributed by atoms with Crippen LogP contribution >= 0.6 is 0 Å². The van der Waals surface area contributed by atoms with Gasteiger partial charge in [0.25, 0.3) is 0 Å². The molecule has 0 bridgehead atoms. The van der Waals surface area contributed by atoms with Gasteiger partial charge in [0.05, 0.1) is 12.0 Å². The number of hydrogen-bond acceptors (Lipinski definition) is 2. The van der Waals surface area contributed by atoms with E-state index in [1.54, 1.807) is 0 Å². The van der Waals surface area contributed by atoms with Crippen LogP contribution in [0.15, 0.2) is 0 Å². The van der Waals surface area contributed by atoms with Crippen molar-refractivity contribution in [3.8, 4) is 0 Å². The summed E-state index contributed by atoms with van der Waals surface area (Å²) in [5.41, 5.74) is 0. The molecule has 0 amide bonds. The van der Waals surface area contributed by atoms with Crippen LogP contribution in [0.1, 0.15) is 12.8 Å².